The van der Waals surface area contributed by atoms with Crippen LogP contribution in [0.1, 0.15) is 50.7 Å². The van der Waals surface area contributed by atoms with Crippen LogP contribution in [-0.4, -0.2) is 5.11 Å². The molecule has 1 unspecified atom stereocenters. The number of aliphatic hydroxyl groups is 1. The summed E-state index contributed by atoms with van der Waals surface area (Å²) in [6.07, 6.45) is 4.04. The van der Waals surface area contributed by atoms with Gasteiger partial charge in [0.05, 0.1) is 11.1 Å². The Labute approximate surface area is 117 Å². The average Bonchev–Trinajstić information content (AvgIpc) is 2.42. The van der Waals surface area contributed by atoms with Gasteiger partial charge < -0.3 is 5.11 Å². The molecular formula is C15H19ClF2O. The number of hydrogen-bond donors (Lipinski definition) is 1. The summed E-state index contributed by atoms with van der Waals surface area (Å²) in [6, 6.07) is 1.96. The summed E-state index contributed by atoms with van der Waals surface area (Å²) >= 11 is 5.52. The fraction of sp³-hybridized carbons (Fsp3) is 0.600. The Morgan fingerprint density at radius 1 is 1.21 bits per heavy atom. The van der Waals surface area contributed by atoms with Crippen LogP contribution in [0.5, 0.6) is 0 Å². The largest absolute Gasteiger partial charge is 0.388 e. The molecule has 1 aliphatic rings. The molecule has 2 rings (SSSR count). The van der Waals surface area contributed by atoms with Crippen molar-refractivity contribution in [2.45, 2.75) is 45.1 Å². The summed E-state index contributed by atoms with van der Waals surface area (Å²) in [5.74, 6) is -0.594. The van der Waals surface area contributed by atoms with Gasteiger partial charge >= 0.3 is 0 Å². The molecule has 0 bridgehead atoms. The van der Waals surface area contributed by atoms with Crippen LogP contribution in [0.15, 0.2) is 12.1 Å². The van der Waals surface area contributed by atoms with E-state index in [0.29, 0.717) is 5.92 Å². The van der Waals surface area contributed by atoms with Gasteiger partial charge in [-0.3, -0.25) is 0 Å². The highest BCUT2D eigenvalue weighted by Crippen LogP contribution is 2.39. The van der Waals surface area contributed by atoms with Gasteiger partial charge in [0.1, 0.15) is 11.6 Å². The van der Waals surface area contributed by atoms with Crippen molar-refractivity contribution in [2.24, 2.45) is 11.8 Å². The van der Waals surface area contributed by atoms with Crippen LogP contribution >= 0.6 is 11.6 Å². The van der Waals surface area contributed by atoms with Crippen molar-refractivity contribution in [3.05, 3.63) is 34.4 Å². The fourth-order valence-corrected chi connectivity index (χ4v) is 3.08. The predicted molar refractivity (Wildman–Crippen MR) is 72.1 cm³/mol. The van der Waals surface area contributed by atoms with Crippen molar-refractivity contribution in [3.8, 4) is 0 Å². The molecule has 19 heavy (non-hydrogen) atoms. The smallest absolute Gasteiger partial charge is 0.142 e. The Morgan fingerprint density at radius 2 is 1.84 bits per heavy atom. The van der Waals surface area contributed by atoms with E-state index >= 15 is 0 Å². The average molecular weight is 289 g/mol. The van der Waals surface area contributed by atoms with Crippen molar-refractivity contribution in [1.29, 1.82) is 0 Å². The zero-order valence-corrected chi connectivity index (χ0v) is 11.8. The number of benzene rings is 1. The van der Waals surface area contributed by atoms with Gasteiger partial charge in [0, 0.05) is 5.56 Å². The van der Waals surface area contributed by atoms with Crippen LogP contribution < -0.4 is 0 Å². The third-order valence-corrected chi connectivity index (χ3v) is 4.56. The monoisotopic (exact) mass is 288 g/mol. The lowest BCUT2D eigenvalue weighted by Crippen LogP contribution is -2.21. The molecule has 0 spiro atoms. The topological polar surface area (TPSA) is 20.2 Å². The van der Waals surface area contributed by atoms with Crippen molar-refractivity contribution in [1.82, 2.24) is 0 Å². The molecule has 1 saturated carbocycles. The maximum absolute atomic E-state index is 13.8. The molecule has 1 aliphatic carbocycles. The zero-order chi connectivity index (χ0) is 14.0. The lowest BCUT2D eigenvalue weighted by molar-refractivity contribution is 0.0698. The molecule has 1 atom stereocenters. The van der Waals surface area contributed by atoms with Gasteiger partial charge in [-0.05, 0) is 36.8 Å². The van der Waals surface area contributed by atoms with Crippen LogP contribution in [0.4, 0.5) is 8.78 Å². The first-order chi connectivity index (χ1) is 9.02. The van der Waals surface area contributed by atoms with E-state index in [4.69, 9.17) is 11.6 Å². The second-order valence-corrected chi connectivity index (χ2v) is 5.83. The Balaban J connectivity index is 2.12. The maximum atomic E-state index is 13.8. The van der Waals surface area contributed by atoms with E-state index in [9.17, 15) is 13.9 Å². The van der Waals surface area contributed by atoms with Gasteiger partial charge in [0.2, 0.25) is 0 Å². The second-order valence-electron chi connectivity index (χ2n) is 5.42. The lowest BCUT2D eigenvalue weighted by Gasteiger charge is -2.31. The molecule has 0 amide bonds. The van der Waals surface area contributed by atoms with Gasteiger partial charge in [0.15, 0.2) is 0 Å². The molecule has 106 valence electrons. The molecule has 0 saturated heterocycles. The van der Waals surface area contributed by atoms with E-state index in [-0.39, 0.29) is 16.5 Å². The molecule has 0 aliphatic heterocycles. The highest BCUT2D eigenvalue weighted by molar-refractivity contribution is 6.30. The minimum absolute atomic E-state index is 0.0119. The van der Waals surface area contributed by atoms with E-state index in [1.807, 2.05) is 0 Å². The third kappa shape index (κ3) is 3.26. The fourth-order valence-electron chi connectivity index (χ4n) is 2.93. The Morgan fingerprint density at radius 3 is 2.42 bits per heavy atom. The van der Waals surface area contributed by atoms with Gasteiger partial charge in [-0.1, -0.05) is 37.8 Å². The molecule has 1 aromatic rings. The summed E-state index contributed by atoms with van der Waals surface area (Å²) in [6.45, 7) is 2.16. The van der Waals surface area contributed by atoms with E-state index in [1.54, 1.807) is 0 Å². The van der Waals surface area contributed by atoms with Crippen LogP contribution in [-0.2, 0) is 0 Å². The van der Waals surface area contributed by atoms with Crippen LogP contribution in [0, 0.1) is 23.5 Å². The van der Waals surface area contributed by atoms with Crippen LogP contribution in [0.2, 0.25) is 5.02 Å². The first-order valence-electron chi connectivity index (χ1n) is 6.85. The molecular weight excluding hydrogens is 270 g/mol. The minimum Gasteiger partial charge on any atom is -0.388 e. The maximum Gasteiger partial charge on any atom is 0.142 e. The van der Waals surface area contributed by atoms with E-state index < -0.39 is 17.7 Å². The first-order valence-corrected chi connectivity index (χ1v) is 7.23. The standard InChI is InChI=1S/C15H19ClF2O/c1-2-9-3-5-10(6-4-9)15(19)11-7-14(18)12(16)8-13(11)17/h7-10,15,19H,2-6H2,1H3. The quantitative estimate of drug-likeness (QED) is 0.787. The molecule has 4 heteroatoms. The highest BCUT2D eigenvalue weighted by Gasteiger charge is 2.28. The Hall–Kier alpha value is -0.670. The van der Waals surface area contributed by atoms with E-state index in [1.165, 1.54) is 0 Å². The number of halogens is 3. The summed E-state index contributed by atoms with van der Waals surface area (Å²) < 4.78 is 27.2. The first kappa shape index (κ1) is 14.7. The Bertz CT molecular complexity index is 442. The number of aliphatic hydroxyl groups excluding tert-OH is 1. The highest BCUT2D eigenvalue weighted by atomic mass is 35.5. The van der Waals surface area contributed by atoms with Gasteiger partial charge in [-0.25, -0.2) is 8.78 Å². The molecule has 1 aromatic carbocycles. The van der Waals surface area contributed by atoms with Crippen LogP contribution in [0.25, 0.3) is 0 Å². The van der Waals surface area contributed by atoms with E-state index in [0.717, 1.165) is 44.2 Å². The van der Waals surface area contributed by atoms with E-state index in [2.05, 4.69) is 6.92 Å². The third-order valence-electron chi connectivity index (χ3n) is 4.27. The molecule has 0 aromatic heterocycles. The number of rotatable bonds is 3. The van der Waals surface area contributed by atoms with Crippen molar-refractivity contribution in [2.75, 3.05) is 0 Å². The molecule has 1 nitrogen and oxygen atoms in total. The van der Waals surface area contributed by atoms with Crippen molar-refractivity contribution in [3.63, 3.8) is 0 Å². The molecule has 1 N–H and O–H groups in total. The predicted octanol–water partition coefficient (Wildman–Crippen LogP) is 4.87. The lowest BCUT2D eigenvalue weighted by atomic mass is 9.77. The summed E-state index contributed by atoms with van der Waals surface area (Å²) in [5.41, 5.74) is 0.0295. The van der Waals surface area contributed by atoms with Gasteiger partial charge in [-0.15, -0.1) is 0 Å². The van der Waals surface area contributed by atoms with Crippen molar-refractivity contribution >= 4 is 11.6 Å². The molecule has 0 heterocycles. The normalized spacial score (nSPS) is 25.3. The second kappa shape index (κ2) is 6.19. The molecule has 0 radical (unpaired) electrons. The Kier molecular flexibility index (Phi) is 4.80. The SMILES string of the molecule is CCC1CCC(C(O)c2cc(F)c(Cl)cc2F)CC1. The summed E-state index contributed by atoms with van der Waals surface area (Å²) in [4.78, 5) is 0. The number of hydrogen-bond acceptors (Lipinski definition) is 1. The van der Waals surface area contributed by atoms with Crippen LogP contribution in [0.3, 0.4) is 0 Å². The molecule has 1 fully saturated rings. The zero-order valence-electron chi connectivity index (χ0n) is 11.0. The minimum atomic E-state index is -0.940. The van der Waals surface area contributed by atoms with Gasteiger partial charge in [-0.2, -0.15) is 0 Å². The van der Waals surface area contributed by atoms with Gasteiger partial charge in [0.25, 0.3) is 0 Å². The summed E-state index contributed by atoms with van der Waals surface area (Å²) in [5, 5.41) is 10.0. The summed E-state index contributed by atoms with van der Waals surface area (Å²) in [7, 11) is 0. The van der Waals surface area contributed by atoms with Crippen molar-refractivity contribution < 1.29 is 13.9 Å².